The van der Waals surface area contributed by atoms with E-state index in [0.717, 1.165) is 17.0 Å². The molecule has 2 rings (SSSR count). The first-order chi connectivity index (χ1) is 9.40. The Kier molecular flexibility index (Phi) is 4.14. The number of rotatable bonds is 3. The minimum Gasteiger partial charge on any atom is -0.337 e. The summed E-state index contributed by atoms with van der Waals surface area (Å²) < 4.78 is 1.73. The lowest BCUT2D eigenvalue weighted by Gasteiger charge is -2.17. The fraction of sp³-hybridized carbons (Fsp3) is 0.333. The number of aryl methyl sites for hydroxylation is 2. The van der Waals surface area contributed by atoms with E-state index in [-0.39, 0.29) is 5.91 Å². The largest absolute Gasteiger partial charge is 0.337 e. The fourth-order valence-corrected chi connectivity index (χ4v) is 2.47. The number of hydrogen-bond donors (Lipinski definition) is 0. The Labute approximate surface area is 124 Å². The highest BCUT2D eigenvalue weighted by Crippen LogP contribution is 2.17. The Hall–Kier alpha value is -1.81. The molecule has 0 unspecified atom stereocenters. The fourth-order valence-electron chi connectivity index (χ4n) is 2.25. The standard InChI is InChI=1S/C15H18ClN3O/c1-10-14(11(2)19(4)17-10)15(20)18(3)9-12-6-5-7-13(16)8-12/h5-8H,9H2,1-4H3. The van der Waals surface area contributed by atoms with Gasteiger partial charge in [-0.1, -0.05) is 23.7 Å². The molecule has 1 amide bonds. The second-order valence-corrected chi connectivity index (χ2v) is 5.40. The predicted molar refractivity (Wildman–Crippen MR) is 79.9 cm³/mol. The number of amides is 1. The average Bonchev–Trinajstić information content (AvgIpc) is 2.62. The highest BCUT2D eigenvalue weighted by molar-refractivity contribution is 6.30. The normalized spacial score (nSPS) is 10.7. The monoisotopic (exact) mass is 291 g/mol. The molecule has 0 saturated carbocycles. The van der Waals surface area contributed by atoms with Crippen LogP contribution in [0.5, 0.6) is 0 Å². The van der Waals surface area contributed by atoms with E-state index >= 15 is 0 Å². The molecule has 5 heteroatoms. The second kappa shape index (κ2) is 5.67. The molecule has 106 valence electrons. The molecule has 1 aromatic heterocycles. The van der Waals surface area contributed by atoms with Gasteiger partial charge in [-0.2, -0.15) is 5.10 Å². The topological polar surface area (TPSA) is 38.1 Å². The smallest absolute Gasteiger partial charge is 0.257 e. The van der Waals surface area contributed by atoms with Gasteiger partial charge < -0.3 is 4.90 Å². The number of aromatic nitrogens is 2. The Balaban J connectivity index is 2.21. The summed E-state index contributed by atoms with van der Waals surface area (Å²) in [6.07, 6.45) is 0. The Morgan fingerprint density at radius 2 is 2.10 bits per heavy atom. The van der Waals surface area contributed by atoms with Crippen molar-refractivity contribution in [3.8, 4) is 0 Å². The van der Waals surface area contributed by atoms with E-state index in [1.165, 1.54) is 0 Å². The summed E-state index contributed by atoms with van der Waals surface area (Å²) >= 11 is 5.96. The molecule has 0 radical (unpaired) electrons. The van der Waals surface area contributed by atoms with Crippen molar-refractivity contribution >= 4 is 17.5 Å². The van der Waals surface area contributed by atoms with Gasteiger partial charge in [0.2, 0.25) is 0 Å². The van der Waals surface area contributed by atoms with Crippen molar-refractivity contribution in [2.24, 2.45) is 7.05 Å². The maximum absolute atomic E-state index is 12.5. The summed E-state index contributed by atoms with van der Waals surface area (Å²) in [4.78, 5) is 14.2. The molecule has 0 aliphatic rings. The lowest BCUT2D eigenvalue weighted by atomic mass is 10.1. The molecule has 1 heterocycles. The Bertz CT molecular complexity index is 649. The first-order valence-corrected chi connectivity index (χ1v) is 6.78. The molecule has 0 spiro atoms. The third-order valence-corrected chi connectivity index (χ3v) is 3.61. The molecule has 0 saturated heterocycles. The number of benzene rings is 1. The Morgan fingerprint density at radius 3 is 2.65 bits per heavy atom. The van der Waals surface area contributed by atoms with Gasteiger partial charge in [0.15, 0.2) is 0 Å². The zero-order valence-electron chi connectivity index (χ0n) is 12.1. The van der Waals surface area contributed by atoms with Crippen LogP contribution in [-0.2, 0) is 13.6 Å². The summed E-state index contributed by atoms with van der Waals surface area (Å²) in [6.45, 7) is 4.28. The van der Waals surface area contributed by atoms with Crippen LogP contribution in [0.3, 0.4) is 0 Å². The van der Waals surface area contributed by atoms with E-state index in [1.807, 2.05) is 45.2 Å². The van der Waals surface area contributed by atoms with Gasteiger partial charge in [-0.3, -0.25) is 9.48 Å². The molecule has 0 aliphatic heterocycles. The molecule has 0 fully saturated rings. The van der Waals surface area contributed by atoms with Crippen LogP contribution in [0.15, 0.2) is 24.3 Å². The number of carbonyl (C=O) groups is 1. The molecule has 1 aromatic carbocycles. The van der Waals surface area contributed by atoms with Crippen molar-refractivity contribution in [1.29, 1.82) is 0 Å². The number of halogens is 1. The van der Waals surface area contributed by atoms with Gasteiger partial charge in [0.25, 0.3) is 5.91 Å². The van der Waals surface area contributed by atoms with Gasteiger partial charge in [-0.25, -0.2) is 0 Å². The Morgan fingerprint density at radius 1 is 1.40 bits per heavy atom. The van der Waals surface area contributed by atoms with E-state index in [9.17, 15) is 4.79 Å². The van der Waals surface area contributed by atoms with Crippen molar-refractivity contribution in [3.05, 3.63) is 51.8 Å². The molecule has 4 nitrogen and oxygen atoms in total. The van der Waals surface area contributed by atoms with Crippen molar-refractivity contribution in [2.75, 3.05) is 7.05 Å². The zero-order chi connectivity index (χ0) is 14.9. The summed E-state index contributed by atoms with van der Waals surface area (Å²) in [5, 5.41) is 4.96. The second-order valence-electron chi connectivity index (χ2n) is 4.96. The molecule has 0 atom stereocenters. The zero-order valence-corrected chi connectivity index (χ0v) is 12.9. The summed E-state index contributed by atoms with van der Waals surface area (Å²) in [7, 11) is 3.63. The minimum absolute atomic E-state index is 0.0203. The lowest BCUT2D eigenvalue weighted by Crippen LogP contribution is -2.27. The van der Waals surface area contributed by atoms with Crippen LogP contribution in [0.4, 0.5) is 0 Å². The van der Waals surface area contributed by atoms with Crippen LogP contribution in [0, 0.1) is 13.8 Å². The van der Waals surface area contributed by atoms with Crippen LogP contribution in [0.2, 0.25) is 5.02 Å². The summed E-state index contributed by atoms with van der Waals surface area (Å²) in [6, 6.07) is 7.53. The average molecular weight is 292 g/mol. The van der Waals surface area contributed by atoms with Gasteiger partial charge in [0, 0.05) is 31.4 Å². The van der Waals surface area contributed by atoms with Crippen molar-refractivity contribution in [1.82, 2.24) is 14.7 Å². The van der Waals surface area contributed by atoms with Crippen LogP contribution >= 0.6 is 11.6 Å². The first kappa shape index (κ1) is 14.6. The van der Waals surface area contributed by atoms with E-state index in [2.05, 4.69) is 5.10 Å². The van der Waals surface area contributed by atoms with Gasteiger partial charge in [-0.15, -0.1) is 0 Å². The highest BCUT2D eigenvalue weighted by Gasteiger charge is 2.20. The molecular formula is C15H18ClN3O. The molecule has 0 aliphatic carbocycles. The minimum atomic E-state index is -0.0203. The molecular weight excluding hydrogens is 274 g/mol. The maximum atomic E-state index is 12.5. The van der Waals surface area contributed by atoms with Crippen LogP contribution in [0.25, 0.3) is 0 Å². The van der Waals surface area contributed by atoms with Crippen molar-refractivity contribution in [3.63, 3.8) is 0 Å². The van der Waals surface area contributed by atoms with Crippen LogP contribution < -0.4 is 0 Å². The van der Waals surface area contributed by atoms with Gasteiger partial charge >= 0.3 is 0 Å². The van der Waals surface area contributed by atoms with Crippen LogP contribution in [0.1, 0.15) is 27.3 Å². The third-order valence-electron chi connectivity index (χ3n) is 3.38. The van der Waals surface area contributed by atoms with E-state index < -0.39 is 0 Å². The predicted octanol–water partition coefficient (Wildman–Crippen LogP) is 2.96. The lowest BCUT2D eigenvalue weighted by molar-refractivity contribution is 0.0783. The highest BCUT2D eigenvalue weighted by atomic mass is 35.5. The van der Waals surface area contributed by atoms with Crippen molar-refractivity contribution in [2.45, 2.75) is 20.4 Å². The van der Waals surface area contributed by atoms with Crippen molar-refractivity contribution < 1.29 is 4.79 Å². The van der Waals surface area contributed by atoms with Crippen LogP contribution in [-0.4, -0.2) is 27.6 Å². The maximum Gasteiger partial charge on any atom is 0.257 e. The van der Waals surface area contributed by atoms with E-state index in [4.69, 9.17) is 11.6 Å². The number of carbonyl (C=O) groups excluding carboxylic acids is 1. The van der Waals surface area contributed by atoms with E-state index in [1.54, 1.807) is 16.6 Å². The third kappa shape index (κ3) is 2.85. The quantitative estimate of drug-likeness (QED) is 0.872. The van der Waals surface area contributed by atoms with Gasteiger partial charge in [-0.05, 0) is 31.5 Å². The summed E-state index contributed by atoms with van der Waals surface area (Å²) in [5.74, 6) is -0.0203. The van der Waals surface area contributed by atoms with E-state index in [0.29, 0.717) is 17.1 Å². The van der Waals surface area contributed by atoms with Gasteiger partial charge in [0.05, 0.1) is 11.3 Å². The molecule has 20 heavy (non-hydrogen) atoms. The SMILES string of the molecule is Cc1nn(C)c(C)c1C(=O)N(C)Cc1cccc(Cl)c1. The number of hydrogen-bond acceptors (Lipinski definition) is 2. The number of nitrogens with zero attached hydrogens (tertiary/aromatic N) is 3. The van der Waals surface area contributed by atoms with Gasteiger partial charge in [0.1, 0.15) is 0 Å². The first-order valence-electron chi connectivity index (χ1n) is 6.40. The summed E-state index contributed by atoms with van der Waals surface area (Å²) in [5.41, 5.74) is 3.32. The molecule has 2 aromatic rings. The molecule has 0 N–H and O–H groups in total. The molecule has 0 bridgehead atoms.